The monoisotopic (exact) mass is 345 g/mol. The van der Waals surface area contributed by atoms with Gasteiger partial charge in [-0.25, -0.2) is 0 Å². The molecule has 0 unspecified atom stereocenters. The van der Waals surface area contributed by atoms with Crippen LogP contribution in [0.2, 0.25) is 0 Å². The van der Waals surface area contributed by atoms with E-state index in [2.05, 4.69) is 6.07 Å². The van der Waals surface area contributed by atoms with E-state index in [9.17, 15) is 4.79 Å². The molecule has 130 valence electrons. The fourth-order valence-corrected chi connectivity index (χ4v) is 3.48. The van der Waals surface area contributed by atoms with Gasteiger partial charge < -0.3 is 14.4 Å². The summed E-state index contributed by atoms with van der Waals surface area (Å²) in [6, 6.07) is 20.3. The smallest absolute Gasteiger partial charge is 0.254 e. The average molecular weight is 345 g/mol. The van der Waals surface area contributed by atoms with Gasteiger partial charge in [-0.05, 0) is 53.4 Å². The maximum atomic E-state index is 13.2. The van der Waals surface area contributed by atoms with Crippen LogP contribution in [-0.2, 0) is 6.54 Å². The number of benzene rings is 3. The summed E-state index contributed by atoms with van der Waals surface area (Å²) in [6.45, 7) is 0.855. The first-order chi connectivity index (χ1) is 12.8. The first kappa shape index (κ1) is 15.3. The second kappa shape index (κ2) is 6.06. The highest BCUT2D eigenvalue weighted by molar-refractivity contribution is 5.98. The lowest BCUT2D eigenvalue weighted by molar-refractivity contribution is 0.0730. The third kappa shape index (κ3) is 2.77. The molecule has 0 aromatic heterocycles. The molecule has 3 aromatic carbocycles. The van der Waals surface area contributed by atoms with Gasteiger partial charge in [-0.1, -0.05) is 36.4 Å². The van der Waals surface area contributed by atoms with E-state index in [0.29, 0.717) is 12.6 Å². The van der Waals surface area contributed by atoms with Crippen LogP contribution in [0.25, 0.3) is 10.8 Å². The van der Waals surface area contributed by atoms with Crippen molar-refractivity contribution in [3.63, 3.8) is 0 Å². The predicted molar refractivity (Wildman–Crippen MR) is 99.4 cm³/mol. The lowest BCUT2D eigenvalue weighted by atomic mass is 10.1. The Bertz CT molecular complexity index is 994. The van der Waals surface area contributed by atoms with Crippen molar-refractivity contribution in [1.82, 2.24) is 4.90 Å². The van der Waals surface area contributed by atoms with Crippen LogP contribution in [0.4, 0.5) is 0 Å². The lowest BCUT2D eigenvalue weighted by Crippen LogP contribution is -2.32. The molecule has 0 radical (unpaired) electrons. The Morgan fingerprint density at radius 3 is 2.58 bits per heavy atom. The molecule has 1 saturated carbocycles. The molecule has 4 nitrogen and oxygen atoms in total. The van der Waals surface area contributed by atoms with Crippen LogP contribution < -0.4 is 9.47 Å². The Hall–Kier alpha value is -3.01. The minimum atomic E-state index is 0.0934. The van der Waals surface area contributed by atoms with E-state index in [1.807, 2.05) is 59.5 Å². The Morgan fingerprint density at radius 1 is 0.923 bits per heavy atom. The summed E-state index contributed by atoms with van der Waals surface area (Å²) in [4.78, 5) is 15.2. The number of rotatable bonds is 4. The number of fused-ring (bicyclic) bond motifs is 2. The minimum Gasteiger partial charge on any atom is -0.454 e. The number of carbonyl (C=O) groups is 1. The van der Waals surface area contributed by atoms with Gasteiger partial charge in [-0.2, -0.15) is 0 Å². The van der Waals surface area contributed by atoms with Crippen LogP contribution in [0.1, 0.15) is 28.8 Å². The van der Waals surface area contributed by atoms with E-state index < -0.39 is 0 Å². The fourth-order valence-electron chi connectivity index (χ4n) is 3.48. The minimum absolute atomic E-state index is 0.0934. The molecule has 1 fully saturated rings. The van der Waals surface area contributed by atoms with Crippen molar-refractivity contribution < 1.29 is 14.3 Å². The molecule has 3 aromatic rings. The second-order valence-corrected chi connectivity index (χ2v) is 6.91. The summed E-state index contributed by atoms with van der Waals surface area (Å²) >= 11 is 0. The standard InChI is InChI=1S/C22H19NO3/c24-22(18-7-6-16-3-1-2-4-17(16)12-18)23(19-8-9-19)13-15-5-10-20-21(11-15)26-14-25-20/h1-7,10-12,19H,8-9,13-14H2. The van der Waals surface area contributed by atoms with E-state index in [4.69, 9.17) is 9.47 Å². The van der Waals surface area contributed by atoms with Gasteiger partial charge in [0.05, 0.1) is 0 Å². The predicted octanol–water partition coefficient (Wildman–Crippen LogP) is 4.37. The molecule has 1 aliphatic heterocycles. The molecule has 0 spiro atoms. The van der Waals surface area contributed by atoms with Gasteiger partial charge in [0.25, 0.3) is 5.91 Å². The molecule has 4 heteroatoms. The Morgan fingerprint density at radius 2 is 1.73 bits per heavy atom. The van der Waals surface area contributed by atoms with Crippen molar-refractivity contribution in [2.45, 2.75) is 25.4 Å². The molecular formula is C22H19NO3. The maximum absolute atomic E-state index is 13.2. The number of hydrogen-bond donors (Lipinski definition) is 0. The highest BCUT2D eigenvalue weighted by Gasteiger charge is 2.33. The van der Waals surface area contributed by atoms with Crippen LogP contribution in [0.15, 0.2) is 60.7 Å². The molecule has 5 rings (SSSR count). The van der Waals surface area contributed by atoms with Crippen molar-refractivity contribution in [3.05, 3.63) is 71.8 Å². The number of carbonyl (C=O) groups excluding carboxylic acids is 1. The van der Waals surface area contributed by atoms with E-state index in [1.54, 1.807) is 0 Å². The zero-order valence-electron chi connectivity index (χ0n) is 14.4. The van der Waals surface area contributed by atoms with Crippen LogP contribution in [0.5, 0.6) is 11.5 Å². The second-order valence-electron chi connectivity index (χ2n) is 6.91. The summed E-state index contributed by atoms with van der Waals surface area (Å²) < 4.78 is 10.8. The Kier molecular flexibility index (Phi) is 3.56. The van der Waals surface area contributed by atoms with Gasteiger partial charge in [-0.3, -0.25) is 4.79 Å². The number of nitrogens with zero attached hydrogens (tertiary/aromatic N) is 1. The molecule has 0 atom stereocenters. The van der Waals surface area contributed by atoms with E-state index in [-0.39, 0.29) is 12.7 Å². The summed E-state index contributed by atoms with van der Waals surface area (Å²) in [7, 11) is 0. The summed E-state index contributed by atoms with van der Waals surface area (Å²) in [5, 5.41) is 2.25. The molecule has 0 bridgehead atoms. The van der Waals surface area contributed by atoms with Crippen LogP contribution >= 0.6 is 0 Å². The van der Waals surface area contributed by atoms with Gasteiger partial charge in [0.1, 0.15) is 0 Å². The molecule has 1 amide bonds. The van der Waals surface area contributed by atoms with Gasteiger partial charge in [-0.15, -0.1) is 0 Å². The molecule has 2 aliphatic rings. The third-order valence-corrected chi connectivity index (χ3v) is 5.03. The van der Waals surface area contributed by atoms with Crippen molar-refractivity contribution in [3.8, 4) is 11.5 Å². The number of amides is 1. The normalized spacial score (nSPS) is 15.2. The van der Waals surface area contributed by atoms with Crippen LogP contribution in [-0.4, -0.2) is 23.6 Å². The first-order valence-electron chi connectivity index (χ1n) is 8.96. The first-order valence-corrected chi connectivity index (χ1v) is 8.96. The van der Waals surface area contributed by atoms with Crippen molar-refractivity contribution >= 4 is 16.7 Å². The molecular weight excluding hydrogens is 326 g/mol. The molecule has 1 heterocycles. The molecule has 1 aliphatic carbocycles. The SMILES string of the molecule is O=C(c1ccc2ccccc2c1)N(Cc1ccc2c(c1)OCO2)C1CC1. The largest absolute Gasteiger partial charge is 0.454 e. The van der Waals surface area contributed by atoms with Crippen molar-refractivity contribution in [2.24, 2.45) is 0 Å². The Labute approximate surface area is 151 Å². The third-order valence-electron chi connectivity index (χ3n) is 5.03. The van der Waals surface area contributed by atoms with Crippen molar-refractivity contribution in [2.75, 3.05) is 6.79 Å². The van der Waals surface area contributed by atoms with Crippen molar-refractivity contribution in [1.29, 1.82) is 0 Å². The summed E-state index contributed by atoms with van der Waals surface area (Å²) in [5.74, 6) is 1.62. The van der Waals surface area contributed by atoms with Gasteiger partial charge >= 0.3 is 0 Å². The van der Waals surface area contributed by atoms with Crippen LogP contribution in [0.3, 0.4) is 0 Å². The topological polar surface area (TPSA) is 38.8 Å². The zero-order valence-corrected chi connectivity index (χ0v) is 14.4. The Balaban J connectivity index is 1.43. The quantitative estimate of drug-likeness (QED) is 0.705. The van der Waals surface area contributed by atoms with Gasteiger partial charge in [0, 0.05) is 18.2 Å². The summed E-state index contributed by atoms with van der Waals surface area (Å²) in [5.41, 5.74) is 1.81. The maximum Gasteiger partial charge on any atom is 0.254 e. The molecule has 0 N–H and O–H groups in total. The van der Waals surface area contributed by atoms with E-state index in [0.717, 1.165) is 46.2 Å². The number of ether oxygens (including phenoxy) is 2. The highest BCUT2D eigenvalue weighted by atomic mass is 16.7. The van der Waals surface area contributed by atoms with Crippen LogP contribution in [0, 0.1) is 0 Å². The lowest BCUT2D eigenvalue weighted by Gasteiger charge is -2.23. The molecule has 0 saturated heterocycles. The fraction of sp³-hybridized carbons (Fsp3) is 0.227. The zero-order chi connectivity index (χ0) is 17.5. The average Bonchev–Trinajstić information content (AvgIpc) is 3.42. The number of hydrogen-bond acceptors (Lipinski definition) is 3. The van der Waals surface area contributed by atoms with E-state index in [1.165, 1.54) is 0 Å². The van der Waals surface area contributed by atoms with E-state index >= 15 is 0 Å². The highest BCUT2D eigenvalue weighted by Crippen LogP contribution is 2.35. The molecule has 26 heavy (non-hydrogen) atoms. The van der Waals surface area contributed by atoms with Gasteiger partial charge in [0.2, 0.25) is 6.79 Å². The summed E-state index contributed by atoms with van der Waals surface area (Å²) in [6.07, 6.45) is 2.15. The van der Waals surface area contributed by atoms with Gasteiger partial charge in [0.15, 0.2) is 11.5 Å².